The summed E-state index contributed by atoms with van der Waals surface area (Å²) in [6.45, 7) is 1.86. The number of hydrogen-bond acceptors (Lipinski definition) is 5. The summed E-state index contributed by atoms with van der Waals surface area (Å²) in [4.78, 5) is 41.0. The number of hydrogen-bond donors (Lipinski definition) is 4. The lowest BCUT2D eigenvalue weighted by molar-refractivity contribution is -0.384. The molecule has 1 heterocycles. The molecule has 0 unspecified atom stereocenters. The maximum absolute atomic E-state index is 12.8. The van der Waals surface area contributed by atoms with Gasteiger partial charge in [0, 0.05) is 23.4 Å². The van der Waals surface area contributed by atoms with Crippen molar-refractivity contribution in [1.29, 1.82) is 0 Å². The maximum Gasteiger partial charge on any atom is 0.323 e. The molecule has 0 fully saturated rings. The van der Waals surface area contributed by atoms with Crippen LogP contribution in [0.15, 0.2) is 83.7 Å². The Morgan fingerprint density at radius 3 is 2.49 bits per heavy atom. The molecular formula is C26H21N5O4. The largest absolute Gasteiger partial charge is 0.373 e. The number of nitro groups is 1. The molecule has 174 valence electrons. The molecule has 5 rings (SSSR count). The van der Waals surface area contributed by atoms with Crippen LogP contribution in [0.4, 0.5) is 17.1 Å². The SMILES string of the molecule is C[C@H](Nc1ccc(C(=O)Nc2ccc3ccccc3c2)cc1[N+](=O)[O-])c1ccc2[nH]c(=O)[nH]c2c1. The molecule has 0 saturated heterocycles. The number of H-pyrrole nitrogens is 2. The van der Waals surface area contributed by atoms with Gasteiger partial charge in [0.25, 0.3) is 11.6 Å². The van der Waals surface area contributed by atoms with Crippen molar-refractivity contribution in [2.24, 2.45) is 0 Å². The van der Waals surface area contributed by atoms with E-state index >= 15 is 0 Å². The van der Waals surface area contributed by atoms with Gasteiger partial charge in [0.05, 0.1) is 16.0 Å². The summed E-state index contributed by atoms with van der Waals surface area (Å²) in [7, 11) is 0. The molecular weight excluding hydrogens is 446 g/mol. The summed E-state index contributed by atoms with van der Waals surface area (Å²) in [5.74, 6) is -0.440. The number of imidazole rings is 1. The number of benzene rings is 4. The van der Waals surface area contributed by atoms with Crippen LogP contribution >= 0.6 is 0 Å². The van der Waals surface area contributed by atoms with Crippen LogP contribution in [0, 0.1) is 10.1 Å². The van der Waals surface area contributed by atoms with Gasteiger partial charge in [0.2, 0.25) is 0 Å². The lowest BCUT2D eigenvalue weighted by atomic mass is 10.1. The van der Waals surface area contributed by atoms with E-state index < -0.39 is 10.8 Å². The Labute approximate surface area is 199 Å². The highest BCUT2D eigenvalue weighted by molar-refractivity contribution is 6.06. The zero-order valence-electron chi connectivity index (χ0n) is 18.7. The number of nitrogens with zero attached hydrogens (tertiary/aromatic N) is 1. The van der Waals surface area contributed by atoms with E-state index in [1.165, 1.54) is 12.1 Å². The first-order chi connectivity index (χ1) is 16.9. The van der Waals surface area contributed by atoms with Crippen molar-refractivity contribution in [3.63, 3.8) is 0 Å². The van der Waals surface area contributed by atoms with Gasteiger partial charge >= 0.3 is 5.69 Å². The Hall–Kier alpha value is -4.92. The Bertz CT molecular complexity index is 1650. The summed E-state index contributed by atoms with van der Waals surface area (Å²) in [6, 6.07) is 22.8. The molecule has 9 heteroatoms. The minimum absolute atomic E-state index is 0.175. The van der Waals surface area contributed by atoms with Crippen LogP contribution in [0.3, 0.4) is 0 Å². The molecule has 35 heavy (non-hydrogen) atoms. The quantitative estimate of drug-likeness (QED) is 0.198. The Morgan fingerprint density at radius 1 is 0.914 bits per heavy atom. The fraction of sp³-hybridized carbons (Fsp3) is 0.0769. The Kier molecular flexibility index (Phi) is 5.50. The second-order valence-corrected chi connectivity index (χ2v) is 8.26. The van der Waals surface area contributed by atoms with Gasteiger partial charge in [0.1, 0.15) is 5.69 Å². The monoisotopic (exact) mass is 467 g/mol. The van der Waals surface area contributed by atoms with Crippen molar-refractivity contribution in [2.75, 3.05) is 10.6 Å². The van der Waals surface area contributed by atoms with Crippen molar-refractivity contribution in [2.45, 2.75) is 13.0 Å². The highest BCUT2D eigenvalue weighted by Crippen LogP contribution is 2.30. The third-order valence-electron chi connectivity index (χ3n) is 5.88. The minimum Gasteiger partial charge on any atom is -0.373 e. The molecule has 1 amide bonds. The van der Waals surface area contributed by atoms with E-state index in [1.807, 2.05) is 55.5 Å². The van der Waals surface area contributed by atoms with Crippen LogP contribution in [0.25, 0.3) is 21.8 Å². The van der Waals surface area contributed by atoms with Gasteiger partial charge in [-0.25, -0.2) is 4.79 Å². The van der Waals surface area contributed by atoms with E-state index in [2.05, 4.69) is 20.6 Å². The van der Waals surface area contributed by atoms with Crippen molar-refractivity contribution in [3.8, 4) is 0 Å². The lowest BCUT2D eigenvalue weighted by Crippen LogP contribution is -2.13. The summed E-state index contributed by atoms with van der Waals surface area (Å²) < 4.78 is 0. The number of nitrogens with one attached hydrogen (secondary N) is 4. The second-order valence-electron chi connectivity index (χ2n) is 8.26. The van der Waals surface area contributed by atoms with Crippen LogP contribution < -0.4 is 16.3 Å². The first kappa shape index (κ1) is 21.9. The topological polar surface area (TPSA) is 133 Å². The third kappa shape index (κ3) is 4.47. The summed E-state index contributed by atoms with van der Waals surface area (Å²) >= 11 is 0. The number of nitro benzene ring substituents is 1. The molecule has 9 nitrogen and oxygen atoms in total. The first-order valence-electron chi connectivity index (χ1n) is 10.9. The number of carbonyl (C=O) groups excluding carboxylic acids is 1. The van der Waals surface area contributed by atoms with Crippen molar-refractivity contribution >= 4 is 44.8 Å². The van der Waals surface area contributed by atoms with E-state index in [-0.39, 0.29) is 28.7 Å². The average molecular weight is 467 g/mol. The lowest BCUT2D eigenvalue weighted by Gasteiger charge is -2.16. The number of aromatic amines is 2. The van der Waals surface area contributed by atoms with Gasteiger partial charge < -0.3 is 20.6 Å². The molecule has 1 atom stereocenters. The van der Waals surface area contributed by atoms with Gasteiger partial charge in [-0.05, 0) is 59.7 Å². The molecule has 0 bridgehead atoms. The van der Waals surface area contributed by atoms with E-state index in [0.29, 0.717) is 16.7 Å². The fourth-order valence-corrected chi connectivity index (χ4v) is 4.05. The average Bonchev–Trinajstić information content (AvgIpc) is 3.23. The molecule has 0 aliphatic carbocycles. The predicted molar refractivity (Wildman–Crippen MR) is 136 cm³/mol. The molecule has 0 radical (unpaired) electrons. The van der Waals surface area contributed by atoms with E-state index in [1.54, 1.807) is 18.2 Å². The van der Waals surface area contributed by atoms with Crippen molar-refractivity contribution in [1.82, 2.24) is 9.97 Å². The number of fused-ring (bicyclic) bond motifs is 2. The van der Waals surface area contributed by atoms with Gasteiger partial charge in [-0.1, -0.05) is 36.4 Å². The third-order valence-corrected chi connectivity index (χ3v) is 5.88. The molecule has 4 N–H and O–H groups in total. The van der Waals surface area contributed by atoms with Gasteiger partial charge in [-0.3, -0.25) is 14.9 Å². The molecule has 5 aromatic rings. The second kappa shape index (κ2) is 8.79. The summed E-state index contributed by atoms with van der Waals surface area (Å²) in [5, 5.41) is 19.8. The Morgan fingerprint density at radius 2 is 1.69 bits per heavy atom. The first-order valence-corrected chi connectivity index (χ1v) is 10.9. The molecule has 4 aromatic carbocycles. The number of carbonyl (C=O) groups is 1. The van der Waals surface area contributed by atoms with Gasteiger partial charge in [-0.15, -0.1) is 0 Å². The van der Waals surface area contributed by atoms with E-state index in [4.69, 9.17) is 0 Å². The molecule has 0 saturated carbocycles. The van der Waals surface area contributed by atoms with Crippen molar-refractivity contribution in [3.05, 3.63) is 111 Å². The number of aromatic nitrogens is 2. The van der Waals surface area contributed by atoms with E-state index in [0.717, 1.165) is 16.3 Å². The zero-order chi connectivity index (χ0) is 24.5. The van der Waals surface area contributed by atoms with Crippen LogP contribution in [-0.2, 0) is 0 Å². The van der Waals surface area contributed by atoms with E-state index in [9.17, 15) is 19.7 Å². The molecule has 0 aliphatic heterocycles. The maximum atomic E-state index is 12.8. The summed E-state index contributed by atoms with van der Waals surface area (Å²) in [5.41, 5.74) is 2.72. The smallest absolute Gasteiger partial charge is 0.323 e. The normalized spacial score (nSPS) is 11.9. The standard InChI is InChI=1S/C26H21N5O4/c1-15(17-7-10-21-23(13-17)30-26(33)29-21)27-22-11-8-19(14-24(22)31(34)35)25(32)28-20-9-6-16-4-2-3-5-18(16)12-20/h2-15,27H,1H3,(H,28,32)(H2,29,30,33)/t15-/m0/s1. The van der Waals surface area contributed by atoms with Gasteiger partial charge in [0.15, 0.2) is 0 Å². The fourth-order valence-electron chi connectivity index (χ4n) is 4.05. The Balaban J connectivity index is 1.37. The number of anilines is 2. The molecule has 0 spiro atoms. The minimum atomic E-state index is -0.519. The predicted octanol–water partition coefficient (Wildman–Crippen LogP) is 5.34. The van der Waals surface area contributed by atoms with Gasteiger partial charge in [-0.2, -0.15) is 0 Å². The molecule has 1 aromatic heterocycles. The van der Waals surface area contributed by atoms with Crippen LogP contribution in [0.5, 0.6) is 0 Å². The molecule has 0 aliphatic rings. The summed E-state index contributed by atoms with van der Waals surface area (Å²) in [6.07, 6.45) is 0. The highest BCUT2D eigenvalue weighted by atomic mass is 16.6. The van der Waals surface area contributed by atoms with Crippen LogP contribution in [-0.4, -0.2) is 20.8 Å². The number of amides is 1. The van der Waals surface area contributed by atoms with Crippen LogP contribution in [0.2, 0.25) is 0 Å². The highest BCUT2D eigenvalue weighted by Gasteiger charge is 2.20. The number of rotatable bonds is 6. The van der Waals surface area contributed by atoms with Crippen molar-refractivity contribution < 1.29 is 9.72 Å². The van der Waals surface area contributed by atoms with Crippen LogP contribution in [0.1, 0.15) is 28.9 Å². The zero-order valence-corrected chi connectivity index (χ0v) is 18.7.